The molecule has 0 aromatic carbocycles. The van der Waals surface area contributed by atoms with Crippen LogP contribution in [-0.4, -0.2) is 51.4 Å². The average Bonchev–Trinajstić information content (AvgIpc) is 3.12. The van der Waals surface area contributed by atoms with Gasteiger partial charge in [0.25, 0.3) is 5.91 Å². The zero-order valence-electron chi connectivity index (χ0n) is 17.3. The summed E-state index contributed by atoms with van der Waals surface area (Å²) in [5.74, 6) is 0.771. The van der Waals surface area contributed by atoms with E-state index in [1.54, 1.807) is 29.7 Å². The van der Waals surface area contributed by atoms with Crippen LogP contribution in [0.2, 0.25) is 0 Å². The molecule has 2 fully saturated rings. The van der Waals surface area contributed by atoms with Crippen molar-refractivity contribution < 1.29 is 9.59 Å². The maximum Gasteiger partial charge on any atom is 0.263 e. The molecule has 1 saturated carbocycles. The molecule has 1 aliphatic carbocycles. The molecule has 3 aromatic heterocycles. The highest BCUT2D eigenvalue weighted by Gasteiger charge is 2.24. The molecule has 3 aromatic rings. The largest absolute Gasteiger partial charge is 0.367 e. The molecule has 2 amide bonds. The summed E-state index contributed by atoms with van der Waals surface area (Å²) in [6.07, 6.45) is 6.22. The number of carbonyl (C=O) groups is 2. The number of aromatic nitrogens is 3. The van der Waals surface area contributed by atoms with E-state index in [0.29, 0.717) is 28.7 Å². The van der Waals surface area contributed by atoms with Crippen LogP contribution in [-0.2, 0) is 4.79 Å². The minimum Gasteiger partial charge on any atom is -0.367 e. The fourth-order valence-corrected chi connectivity index (χ4v) is 4.39. The van der Waals surface area contributed by atoms with Gasteiger partial charge < -0.3 is 15.5 Å². The molecule has 8 nitrogen and oxygen atoms in total. The van der Waals surface area contributed by atoms with Crippen LogP contribution >= 0.6 is 11.3 Å². The first-order chi connectivity index (χ1) is 14.9. The zero-order chi connectivity index (χ0) is 21.7. The van der Waals surface area contributed by atoms with Crippen molar-refractivity contribution in [3.05, 3.63) is 52.0 Å². The van der Waals surface area contributed by atoms with Gasteiger partial charge in [0.2, 0.25) is 5.91 Å². The van der Waals surface area contributed by atoms with Crippen molar-refractivity contribution in [2.45, 2.75) is 25.3 Å². The predicted molar refractivity (Wildman–Crippen MR) is 121 cm³/mol. The van der Waals surface area contributed by atoms with Crippen molar-refractivity contribution in [2.24, 2.45) is 0 Å². The lowest BCUT2D eigenvalue weighted by molar-refractivity contribution is -0.118. The quantitative estimate of drug-likeness (QED) is 0.644. The van der Waals surface area contributed by atoms with E-state index in [1.807, 2.05) is 23.6 Å². The summed E-state index contributed by atoms with van der Waals surface area (Å²) in [6, 6.07) is 4.29. The van der Waals surface area contributed by atoms with Crippen LogP contribution in [0, 0.1) is 0 Å². The number of amides is 2. The van der Waals surface area contributed by atoms with Crippen molar-refractivity contribution in [3.63, 3.8) is 0 Å². The van der Waals surface area contributed by atoms with Crippen LogP contribution in [0.15, 0.2) is 41.6 Å². The van der Waals surface area contributed by atoms with E-state index in [1.165, 1.54) is 11.3 Å². The maximum absolute atomic E-state index is 12.3. The number of hydrogen-bond donors (Lipinski definition) is 2. The number of carbonyl (C=O) groups excluding carboxylic acids is 2. The highest BCUT2D eigenvalue weighted by atomic mass is 32.1. The lowest BCUT2D eigenvalue weighted by Gasteiger charge is -2.10. The van der Waals surface area contributed by atoms with Gasteiger partial charge in [0, 0.05) is 48.4 Å². The Balaban J connectivity index is 1.60. The second-order valence-electron chi connectivity index (χ2n) is 8.05. The number of fused-ring (bicyclic) bond motifs is 1. The lowest BCUT2D eigenvalue weighted by Crippen LogP contribution is -2.20. The van der Waals surface area contributed by atoms with Gasteiger partial charge in [-0.3, -0.25) is 9.59 Å². The van der Waals surface area contributed by atoms with Gasteiger partial charge in [-0.2, -0.15) is 9.61 Å². The van der Waals surface area contributed by atoms with E-state index in [4.69, 9.17) is 4.98 Å². The van der Waals surface area contributed by atoms with E-state index < -0.39 is 0 Å². The number of allylic oxidation sites excluding steroid dienone is 1. The van der Waals surface area contributed by atoms with Crippen LogP contribution < -0.4 is 10.6 Å². The second kappa shape index (κ2) is 7.35. The maximum atomic E-state index is 12.3. The van der Waals surface area contributed by atoms with E-state index in [-0.39, 0.29) is 11.8 Å². The summed E-state index contributed by atoms with van der Waals surface area (Å²) in [4.78, 5) is 31.1. The number of rotatable bonds is 5. The molecule has 0 radical (unpaired) electrons. The Labute approximate surface area is 183 Å². The molecule has 0 bridgehead atoms. The number of anilines is 1. The van der Waals surface area contributed by atoms with Crippen LogP contribution in [0.5, 0.6) is 0 Å². The fourth-order valence-electron chi connectivity index (χ4n) is 3.47. The predicted octanol–water partition coefficient (Wildman–Crippen LogP) is 3.15. The third-order valence-corrected chi connectivity index (χ3v) is 6.22. The number of hydrogen-bond acceptors (Lipinski definition) is 6. The zero-order valence-corrected chi connectivity index (χ0v) is 18.1. The van der Waals surface area contributed by atoms with E-state index in [9.17, 15) is 9.59 Å². The van der Waals surface area contributed by atoms with Crippen LogP contribution in [0.3, 0.4) is 0 Å². The Morgan fingerprint density at radius 1 is 1.39 bits per heavy atom. The van der Waals surface area contributed by atoms with E-state index in [2.05, 4.69) is 22.3 Å². The fraction of sp³-hybridized carbons (Fsp3) is 0.273. The third kappa shape index (κ3) is 3.72. The highest BCUT2D eigenvalue weighted by molar-refractivity contribution is 7.12. The first-order valence-electron chi connectivity index (χ1n) is 10.0. The molecule has 2 N–H and O–H groups in total. The third-order valence-electron chi connectivity index (χ3n) is 5.30. The second-order valence-corrected chi connectivity index (χ2v) is 8.96. The molecular formula is C22H22N6O2S. The summed E-state index contributed by atoms with van der Waals surface area (Å²) in [5, 5.41) is 12.7. The van der Waals surface area contributed by atoms with E-state index >= 15 is 0 Å². The van der Waals surface area contributed by atoms with Crippen LogP contribution in [0.1, 0.15) is 34.5 Å². The first-order valence-corrected chi connectivity index (χ1v) is 10.9. The van der Waals surface area contributed by atoms with E-state index in [0.717, 1.165) is 41.1 Å². The summed E-state index contributed by atoms with van der Waals surface area (Å²) >= 11 is 1.41. The summed E-state index contributed by atoms with van der Waals surface area (Å²) < 4.78 is 1.79. The summed E-state index contributed by atoms with van der Waals surface area (Å²) in [5.41, 5.74) is 4.60. The minimum absolute atomic E-state index is 0.0275. The van der Waals surface area contributed by atoms with Crippen LogP contribution in [0.4, 0.5) is 5.82 Å². The molecule has 9 heteroatoms. The average molecular weight is 435 g/mol. The Morgan fingerprint density at radius 3 is 2.87 bits per heavy atom. The first kappa shape index (κ1) is 19.5. The Bertz CT molecular complexity index is 1260. The van der Waals surface area contributed by atoms with Gasteiger partial charge in [0.05, 0.1) is 23.2 Å². The molecule has 1 saturated heterocycles. The van der Waals surface area contributed by atoms with Gasteiger partial charge in [-0.15, -0.1) is 11.3 Å². The Hall–Kier alpha value is -3.46. The molecule has 31 heavy (non-hydrogen) atoms. The SMILES string of the molecule is C=C1NC(=O)C/C1=C\c1cnn2c(NC3CC3)cc(-c3csc(C(=O)N(C)C)c3)nc12. The smallest absolute Gasteiger partial charge is 0.263 e. The Morgan fingerprint density at radius 2 is 2.19 bits per heavy atom. The van der Waals surface area contributed by atoms with Crippen molar-refractivity contribution in [3.8, 4) is 11.3 Å². The minimum atomic E-state index is -0.0613. The van der Waals surface area contributed by atoms with Crippen molar-refractivity contribution >= 4 is 40.7 Å². The van der Waals surface area contributed by atoms with Crippen molar-refractivity contribution in [2.75, 3.05) is 19.4 Å². The molecule has 2 aliphatic rings. The normalized spacial score (nSPS) is 17.4. The molecular weight excluding hydrogens is 412 g/mol. The molecule has 4 heterocycles. The van der Waals surface area contributed by atoms with Crippen molar-refractivity contribution in [1.82, 2.24) is 24.8 Å². The topological polar surface area (TPSA) is 91.6 Å². The monoisotopic (exact) mass is 434 g/mol. The molecule has 0 unspecified atom stereocenters. The van der Waals surface area contributed by atoms with Gasteiger partial charge in [-0.05, 0) is 30.6 Å². The van der Waals surface area contributed by atoms with Gasteiger partial charge >= 0.3 is 0 Å². The summed E-state index contributed by atoms with van der Waals surface area (Å²) in [6.45, 7) is 3.92. The lowest BCUT2D eigenvalue weighted by atomic mass is 10.1. The number of nitrogens with one attached hydrogen (secondary N) is 2. The molecule has 5 rings (SSSR count). The molecule has 158 valence electrons. The van der Waals surface area contributed by atoms with Gasteiger partial charge in [-0.1, -0.05) is 6.58 Å². The Kier molecular flexibility index (Phi) is 4.62. The standard InChI is InChI=1S/C22H22N6O2S/c1-12-13(8-20(29)24-12)6-14-10-23-28-19(25-16-4-5-16)9-17(26-21(14)28)15-7-18(31-11-15)22(30)27(2)3/h6-7,9-11,16,25H,1,4-5,8H2,2-3H3,(H,24,29)/b13-6+. The highest BCUT2D eigenvalue weighted by Crippen LogP contribution is 2.32. The molecule has 1 aliphatic heterocycles. The van der Waals surface area contributed by atoms with Gasteiger partial charge in [-0.25, -0.2) is 4.98 Å². The number of nitrogens with zero attached hydrogens (tertiary/aromatic N) is 4. The van der Waals surface area contributed by atoms with Gasteiger partial charge in [0.15, 0.2) is 5.65 Å². The molecule has 0 atom stereocenters. The number of thiophene rings is 1. The molecule has 0 spiro atoms. The van der Waals surface area contributed by atoms with Crippen LogP contribution in [0.25, 0.3) is 23.0 Å². The summed E-state index contributed by atoms with van der Waals surface area (Å²) in [7, 11) is 3.48. The van der Waals surface area contributed by atoms with Crippen molar-refractivity contribution in [1.29, 1.82) is 0 Å². The van der Waals surface area contributed by atoms with Gasteiger partial charge in [0.1, 0.15) is 5.82 Å².